The third kappa shape index (κ3) is 4.18. The normalized spacial score (nSPS) is 14.6. The van der Waals surface area contributed by atoms with Crippen LogP contribution in [0.3, 0.4) is 0 Å². The van der Waals surface area contributed by atoms with Crippen LogP contribution in [0.15, 0.2) is 61.1 Å². The molecule has 0 amide bonds. The molecule has 0 atom stereocenters. The Morgan fingerprint density at radius 1 is 1.15 bits per heavy atom. The highest BCUT2D eigenvalue weighted by molar-refractivity contribution is 7.92. The molecule has 0 unspecified atom stereocenters. The monoisotopic (exact) mass is 468 g/mol. The zero-order valence-corrected chi connectivity index (χ0v) is 19.1. The maximum Gasteiger partial charge on any atom is 0.420 e. The number of aromatic nitrogens is 3. The van der Waals surface area contributed by atoms with Gasteiger partial charge >= 0.3 is 5.76 Å². The fourth-order valence-corrected chi connectivity index (χ4v) is 4.88. The Morgan fingerprint density at radius 3 is 2.58 bits per heavy atom. The standard InChI is InChI=1S/C23H24N4O5S/c1-14(2)15-6-8-17(9-7-15)26-33(29,30)18-10-11-19-20(12-18)31-23(28)27(19)13-21-24-22(32-25-21)16-4-3-5-16/h6-12,14,16,26H,3-5,13H2,1-2H3. The molecule has 10 heteroatoms. The first kappa shape index (κ1) is 21.4. The largest absolute Gasteiger partial charge is 0.420 e. The van der Waals surface area contributed by atoms with E-state index in [0.717, 1.165) is 24.8 Å². The van der Waals surface area contributed by atoms with Crippen molar-refractivity contribution in [2.45, 2.75) is 56.4 Å². The molecule has 0 bridgehead atoms. The van der Waals surface area contributed by atoms with Crippen LogP contribution in [-0.2, 0) is 16.6 Å². The molecular weight excluding hydrogens is 444 g/mol. The fraction of sp³-hybridized carbons (Fsp3) is 0.348. The summed E-state index contributed by atoms with van der Waals surface area (Å²) in [5, 5.41) is 3.97. The Balaban J connectivity index is 1.39. The Bertz CT molecular complexity index is 1460. The van der Waals surface area contributed by atoms with Gasteiger partial charge in [0.05, 0.1) is 17.0 Å². The number of sulfonamides is 1. The number of rotatable bonds is 7. The van der Waals surface area contributed by atoms with Crippen molar-refractivity contribution in [1.82, 2.24) is 14.7 Å². The van der Waals surface area contributed by atoms with Gasteiger partial charge in [-0.25, -0.2) is 13.2 Å². The third-order valence-electron chi connectivity index (χ3n) is 6.02. The summed E-state index contributed by atoms with van der Waals surface area (Å²) in [6.45, 7) is 4.22. The Morgan fingerprint density at radius 2 is 1.91 bits per heavy atom. The van der Waals surface area contributed by atoms with E-state index < -0.39 is 15.8 Å². The van der Waals surface area contributed by atoms with E-state index in [1.54, 1.807) is 18.2 Å². The zero-order chi connectivity index (χ0) is 23.2. The van der Waals surface area contributed by atoms with Gasteiger partial charge in [0.1, 0.15) is 0 Å². The molecule has 172 valence electrons. The summed E-state index contributed by atoms with van der Waals surface area (Å²) in [6.07, 6.45) is 3.21. The number of fused-ring (bicyclic) bond motifs is 1. The summed E-state index contributed by atoms with van der Waals surface area (Å²) < 4.78 is 40.3. The highest BCUT2D eigenvalue weighted by Crippen LogP contribution is 2.35. The number of hydrogen-bond donors (Lipinski definition) is 1. The first-order valence-corrected chi connectivity index (χ1v) is 12.4. The van der Waals surface area contributed by atoms with Crippen LogP contribution >= 0.6 is 0 Å². The molecular formula is C23H24N4O5S. The fourth-order valence-electron chi connectivity index (χ4n) is 3.81. The van der Waals surface area contributed by atoms with Crippen LogP contribution in [0.5, 0.6) is 0 Å². The van der Waals surface area contributed by atoms with Crippen LogP contribution in [0.4, 0.5) is 5.69 Å². The Kier molecular flexibility index (Phi) is 5.32. The topological polar surface area (TPSA) is 120 Å². The molecule has 4 aromatic rings. The third-order valence-corrected chi connectivity index (χ3v) is 7.40. The molecule has 0 radical (unpaired) electrons. The molecule has 1 N–H and O–H groups in total. The van der Waals surface area contributed by atoms with Gasteiger partial charge < -0.3 is 8.94 Å². The lowest BCUT2D eigenvalue weighted by atomic mass is 9.85. The van der Waals surface area contributed by atoms with E-state index in [1.807, 2.05) is 12.1 Å². The van der Waals surface area contributed by atoms with E-state index >= 15 is 0 Å². The van der Waals surface area contributed by atoms with E-state index in [2.05, 4.69) is 28.7 Å². The van der Waals surface area contributed by atoms with Crippen molar-refractivity contribution in [1.29, 1.82) is 0 Å². The SMILES string of the molecule is CC(C)c1ccc(NS(=O)(=O)c2ccc3c(c2)oc(=O)n3Cc2noc(C3CCC3)n2)cc1. The van der Waals surface area contributed by atoms with Gasteiger partial charge in [-0.3, -0.25) is 9.29 Å². The predicted octanol–water partition coefficient (Wildman–Crippen LogP) is 4.22. The quantitative estimate of drug-likeness (QED) is 0.431. The molecule has 2 heterocycles. The first-order chi connectivity index (χ1) is 15.8. The van der Waals surface area contributed by atoms with Gasteiger partial charge in [-0.2, -0.15) is 4.98 Å². The van der Waals surface area contributed by atoms with Gasteiger partial charge in [0.15, 0.2) is 11.4 Å². The number of benzene rings is 2. The second-order valence-corrected chi connectivity index (χ2v) is 10.3. The van der Waals surface area contributed by atoms with Gasteiger partial charge in [0.25, 0.3) is 10.0 Å². The number of nitrogens with zero attached hydrogens (tertiary/aromatic N) is 3. The number of anilines is 1. The summed E-state index contributed by atoms with van der Waals surface area (Å²) >= 11 is 0. The molecule has 33 heavy (non-hydrogen) atoms. The smallest absolute Gasteiger partial charge is 0.408 e. The van der Waals surface area contributed by atoms with Crippen LogP contribution in [-0.4, -0.2) is 23.1 Å². The molecule has 1 saturated carbocycles. The Labute approximate surface area is 190 Å². The summed E-state index contributed by atoms with van der Waals surface area (Å²) in [6, 6.07) is 11.6. The maximum absolute atomic E-state index is 12.9. The van der Waals surface area contributed by atoms with Gasteiger partial charge in [-0.15, -0.1) is 0 Å². The Hall–Kier alpha value is -3.40. The summed E-state index contributed by atoms with van der Waals surface area (Å²) in [4.78, 5) is 16.8. The van der Waals surface area contributed by atoms with Crippen molar-refractivity contribution >= 4 is 26.8 Å². The first-order valence-electron chi connectivity index (χ1n) is 10.9. The average molecular weight is 469 g/mol. The van der Waals surface area contributed by atoms with Crippen molar-refractivity contribution in [3.63, 3.8) is 0 Å². The second-order valence-electron chi connectivity index (χ2n) is 8.64. The number of oxazole rings is 1. The molecule has 1 aliphatic carbocycles. The van der Waals surface area contributed by atoms with Crippen molar-refractivity contribution < 1.29 is 17.4 Å². The predicted molar refractivity (Wildman–Crippen MR) is 122 cm³/mol. The molecule has 0 saturated heterocycles. The van der Waals surface area contributed by atoms with Crippen molar-refractivity contribution in [2.24, 2.45) is 0 Å². The minimum atomic E-state index is -3.86. The van der Waals surface area contributed by atoms with Crippen LogP contribution < -0.4 is 10.5 Å². The van der Waals surface area contributed by atoms with Gasteiger partial charge in [0, 0.05) is 17.7 Å². The lowest BCUT2D eigenvalue weighted by molar-refractivity contribution is 0.291. The minimum absolute atomic E-state index is 0.00401. The number of nitrogens with one attached hydrogen (secondary N) is 1. The highest BCUT2D eigenvalue weighted by atomic mass is 32.2. The van der Waals surface area contributed by atoms with E-state index in [0.29, 0.717) is 34.8 Å². The second kappa shape index (κ2) is 8.18. The van der Waals surface area contributed by atoms with Gasteiger partial charge in [-0.05, 0) is 48.6 Å². The van der Waals surface area contributed by atoms with Gasteiger partial charge in [0.2, 0.25) is 5.89 Å². The highest BCUT2D eigenvalue weighted by Gasteiger charge is 2.26. The molecule has 1 fully saturated rings. The molecule has 0 aliphatic heterocycles. The molecule has 1 aliphatic rings. The van der Waals surface area contributed by atoms with E-state index in [-0.39, 0.29) is 17.0 Å². The summed E-state index contributed by atoms with van der Waals surface area (Å²) in [5.74, 6) is 1.00. The summed E-state index contributed by atoms with van der Waals surface area (Å²) in [7, 11) is -3.86. The minimum Gasteiger partial charge on any atom is -0.408 e. The zero-order valence-electron chi connectivity index (χ0n) is 18.3. The summed E-state index contributed by atoms with van der Waals surface area (Å²) in [5.41, 5.74) is 2.19. The van der Waals surface area contributed by atoms with E-state index in [4.69, 9.17) is 8.94 Å². The van der Waals surface area contributed by atoms with Crippen molar-refractivity contribution in [3.8, 4) is 0 Å². The number of hydrogen-bond acceptors (Lipinski definition) is 7. The van der Waals surface area contributed by atoms with Gasteiger partial charge in [-0.1, -0.05) is 37.6 Å². The van der Waals surface area contributed by atoms with Crippen LogP contribution in [0, 0.1) is 0 Å². The maximum atomic E-state index is 12.9. The van der Waals surface area contributed by atoms with Crippen LogP contribution in [0.1, 0.15) is 62.2 Å². The molecule has 9 nitrogen and oxygen atoms in total. The van der Waals surface area contributed by atoms with Crippen LogP contribution in [0.2, 0.25) is 0 Å². The molecule has 5 rings (SSSR count). The molecule has 2 aromatic heterocycles. The van der Waals surface area contributed by atoms with E-state index in [1.165, 1.54) is 16.7 Å². The van der Waals surface area contributed by atoms with Crippen molar-refractivity contribution in [2.75, 3.05) is 4.72 Å². The van der Waals surface area contributed by atoms with Crippen LogP contribution in [0.25, 0.3) is 11.1 Å². The van der Waals surface area contributed by atoms with Crippen molar-refractivity contribution in [3.05, 3.63) is 70.3 Å². The average Bonchev–Trinajstić information content (AvgIpc) is 3.31. The lowest BCUT2D eigenvalue weighted by Gasteiger charge is -2.20. The molecule has 2 aromatic carbocycles. The lowest BCUT2D eigenvalue weighted by Crippen LogP contribution is -2.16. The molecule has 0 spiro atoms. The van der Waals surface area contributed by atoms with E-state index in [9.17, 15) is 13.2 Å².